The van der Waals surface area contributed by atoms with E-state index in [1.54, 1.807) is 6.92 Å². The highest BCUT2D eigenvalue weighted by Crippen LogP contribution is 2.22. The van der Waals surface area contributed by atoms with Crippen molar-refractivity contribution in [2.24, 2.45) is 5.92 Å². The van der Waals surface area contributed by atoms with Gasteiger partial charge in [-0.2, -0.15) is 0 Å². The summed E-state index contributed by atoms with van der Waals surface area (Å²) in [5, 5.41) is 4.31. The zero-order chi connectivity index (χ0) is 9.84. The van der Waals surface area contributed by atoms with Crippen LogP contribution in [0, 0.1) is 5.92 Å². The fourth-order valence-corrected chi connectivity index (χ4v) is 1.30. The Morgan fingerprint density at radius 2 is 2.58 bits per heavy atom. The summed E-state index contributed by atoms with van der Waals surface area (Å²) in [6.45, 7) is 2.35. The number of rotatable bonds is 3. The molecule has 1 heterocycles. The molecule has 0 aliphatic carbocycles. The van der Waals surface area contributed by atoms with Crippen LogP contribution < -0.4 is 0 Å². The minimum Gasteiger partial charge on any atom is -0.387 e. The zero-order valence-electron chi connectivity index (χ0n) is 8.33. The normalized spacial score (nSPS) is 44.1. The maximum atomic E-state index is 13.4. The third-order valence-electron chi connectivity index (χ3n) is 2.13. The molecule has 72 valence electrons. The van der Waals surface area contributed by atoms with Crippen LogP contribution in [0.1, 0.15) is 6.92 Å². The summed E-state index contributed by atoms with van der Waals surface area (Å²) >= 11 is 0. The molecule has 3 nitrogen and oxygen atoms in total. The van der Waals surface area contributed by atoms with Gasteiger partial charge in [0.15, 0.2) is 0 Å². The standard InChI is InChI=1S/C8H15FO3/c1-5-3-12-6(4-11-2)8(10)7(5)9/h5-8,10H,3-4H2,1-2H3/t5-,6-,7+,8-/m1/s1/i10T. The van der Waals surface area contributed by atoms with E-state index in [0.29, 0.717) is 6.61 Å². The van der Waals surface area contributed by atoms with Gasteiger partial charge in [0.25, 0.3) is 0 Å². The van der Waals surface area contributed by atoms with Gasteiger partial charge < -0.3 is 14.6 Å². The minimum atomic E-state index is -1.15. The van der Waals surface area contributed by atoms with Crippen LogP contribution in [0.25, 0.3) is 0 Å². The molecule has 0 amide bonds. The molecule has 0 aromatic rings. The van der Waals surface area contributed by atoms with Gasteiger partial charge in [0.05, 0.1) is 13.2 Å². The van der Waals surface area contributed by atoms with Gasteiger partial charge in [-0.05, 0) is 0 Å². The quantitative estimate of drug-likeness (QED) is 0.681. The van der Waals surface area contributed by atoms with Crippen molar-refractivity contribution in [2.45, 2.75) is 25.3 Å². The summed E-state index contributed by atoms with van der Waals surface area (Å²) in [5.74, 6) is -0.219. The van der Waals surface area contributed by atoms with E-state index < -0.39 is 18.4 Å². The van der Waals surface area contributed by atoms with E-state index in [-0.39, 0.29) is 12.5 Å². The average Bonchev–Trinajstić information content (AvgIpc) is 2.12. The number of aliphatic hydroxyl groups is 1. The lowest BCUT2D eigenvalue weighted by Gasteiger charge is -2.34. The van der Waals surface area contributed by atoms with Crippen LogP contribution in [0.2, 0.25) is 0 Å². The smallest absolute Gasteiger partial charge is 0.211 e. The predicted molar refractivity (Wildman–Crippen MR) is 41.7 cm³/mol. The summed E-state index contributed by atoms with van der Waals surface area (Å²) in [4.78, 5) is 0. The summed E-state index contributed by atoms with van der Waals surface area (Å²) in [5.41, 5.74) is 0. The molecule has 0 spiro atoms. The van der Waals surface area contributed by atoms with Gasteiger partial charge >= 0.3 is 0 Å². The van der Waals surface area contributed by atoms with E-state index >= 15 is 0 Å². The van der Waals surface area contributed by atoms with Crippen LogP contribution in [0.15, 0.2) is 0 Å². The van der Waals surface area contributed by atoms with Gasteiger partial charge in [-0.25, -0.2) is 4.39 Å². The second-order valence-corrected chi connectivity index (χ2v) is 3.21. The molecule has 1 saturated heterocycles. The number of alkyl halides is 1. The van der Waals surface area contributed by atoms with Crippen LogP contribution in [-0.4, -0.2) is 45.2 Å². The summed E-state index contributed by atoms with van der Waals surface area (Å²) < 4.78 is 30.3. The van der Waals surface area contributed by atoms with E-state index in [2.05, 4.69) is 5.11 Å². The summed E-state index contributed by atoms with van der Waals surface area (Å²) in [7, 11) is 1.51. The Kier molecular flexibility index (Phi) is 2.92. The molecule has 1 aliphatic rings. The first kappa shape index (κ1) is 8.41. The number of halogens is 1. The van der Waals surface area contributed by atoms with Gasteiger partial charge in [-0.3, -0.25) is 0 Å². The first-order valence-corrected chi connectivity index (χ1v) is 4.07. The molecule has 4 heteroatoms. The second-order valence-electron chi connectivity index (χ2n) is 3.21. The third kappa shape index (κ3) is 1.94. The molecule has 0 unspecified atom stereocenters. The molecule has 0 aromatic heterocycles. The van der Waals surface area contributed by atoms with Gasteiger partial charge in [-0.15, -0.1) is 0 Å². The van der Waals surface area contributed by atoms with Crippen LogP contribution in [0.5, 0.6) is 0 Å². The van der Waals surface area contributed by atoms with Gasteiger partial charge in [0.1, 0.15) is 18.4 Å². The number of methoxy groups -OCH3 is 1. The molecular formula is C8H15FO3. The maximum absolute atomic E-state index is 13.4. The fraction of sp³-hybridized carbons (Fsp3) is 1.00. The Balaban J connectivity index is 2.55. The zero-order valence-corrected chi connectivity index (χ0v) is 7.33. The van der Waals surface area contributed by atoms with E-state index in [0.717, 1.165) is 0 Å². The maximum Gasteiger partial charge on any atom is 0.211 e. The summed E-state index contributed by atoms with van der Waals surface area (Å²) in [6.07, 6.45) is -2.44. The van der Waals surface area contributed by atoms with Crippen LogP contribution in [0.4, 0.5) is 4.39 Å². The first-order valence-electron chi connectivity index (χ1n) is 4.48. The number of hydrogen-bond donors (Lipinski definition) is 1. The van der Waals surface area contributed by atoms with E-state index in [4.69, 9.17) is 10.9 Å². The minimum absolute atomic E-state index is 0.219. The highest BCUT2D eigenvalue weighted by Gasteiger charge is 2.37. The van der Waals surface area contributed by atoms with Crippen LogP contribution >= 0.6 is 0 Å². The number of aliphatic hydroxyl groups excluding tert-OH is 1. The largest absolute Gasteiger partial charge is 0.387 e. The molecule has 1 rings (SSSR count). The van der Waals surface area contributed by atoms with Gasteiger partial charge in [-0.1, -0.05) is 6.92 Å². The Morgan fingerprint density at radius 1 is 1.83 bits per heavy atom. The Bertz CT molecular complexity index is 158. The lowest BCUT2D eigenvalue weighted by atomic mass is 9.95. The van der Waals surface area contributed by atoms with Crippen molar-refractivity contribution in [3.05, 3.63) is 0 Å². The lowest BCUT2D eigenvalue weighted by molar-refractivity contribution is -0.153. The van der Waals surface area contributed by atoms with Crippen molar-refractivity contribution in [1.82, 2.24) is 0 Å². The van der Waals surface area contributed by atoms with Crippen molar-refractivity contribution in [1.29, 1.82) is 1.43 Å². The fourth-order valence-electron chi connectivity index (χ4n) is 1.30. The van der Waals surface area contributed by atoms with Crippen molar-refractivity contribution in [3.63, 3.8) is 0 Å². The Morgan fingerprint density at radius 3 is 3.17 bits per heavy atom. The topological polar surface area (TPSA) is 38.7 Å². The highest BCUT2D eigenvalue weighted by atomic mass is 19.1. The molecule has 0 saturated carbocycles. The number of hydrogen-bond acceptors (Lipinski definition) is 3. The predicted octanol–water partition coefficient (Wildman–Crippen LogP) is 0.367. The second kappa shape index (κ2) is 4.16. The Hall–Kier alpha value is -0.190. The van der Waals surface area contributed by atoms with E-state index in [1.807, 2.05) is 0 Å². The first-order chi connectivity index (χ1) is 6.20. The monoisotopic (exact) mass is 180 g/mol. The van der Waals surface area contributed by atoms with Crippen molar-refractivity contribution < 1.29 is 19.0 Å². The van der Waals surface area contributed by atoms with Gasteiger partial charge in [0, 0.05) is 13.0 Å². The molecule has 0 aromatic carbocycles. The average molecular weight is 180 g/mol. The molecule has 1 aliphatic heterocycles. The summed E-state index contributed by atoms with van der Waals surface area (Å²) in [6, 6.07) is 0. The molecule has 0 bridgehead atoms. The van der Waals surface area contributed by atoms with Crippen LogP contribution in [0.3, 0.4) is 0 Å². The lowest BCUT2D eigenvalue weighted by Crippen LogP contribution is -2.48. The molecule has 1 N–H and O–H groups in total. The SMILES string of the molecule is [3H]O[C@H]1[C@@H](F)[C@H](C)CO[C@@H]1COC. The molecule has 0 radical (unpaired) electrons. The third-order valence-corrected chi connectivity index (χ3v) is 2.13. The van der Waals surface area contributed by atoms with Crippen LogP contribution in [-0.2, 0) is 9.47 Å². The Labute approximate surface area is 73.0 Å². The van der Waals surface area contributed by atoms with Crippen molar-refractivity contribution >= 4 is 0 Å². The van der Waals surface area contributed by atoms with Gasteiger partial charge in [0.2, 0.25) is 1.43 Å². The highest BCUT2D eigenvalue weighted by molar-refractivity contribution is 4.84. The molecule has 1 fully saturated rings. The van der Waals surface area contributed by atoms with E-state index in [9.17, 15) is 4.39 Å². The molecule has 4 atom stereocenters. The number of ether oxygens (including phenoxy) is 2. The molecular weight excluding hydrogens is 163 g/mol. The molecule has 12 heavy (non-hydrogen) atoms. The van der Waals surface area contributed by atoms with Crippen molar-refractivity contribution in [3.8, 4) is 0 Å². The van der Waals surface area contributed by atoms with Crippen molar-refractivity contribution in [2.75, 3.05) is 20.3 Å². The van der Waals surface area contributed by atoms with E-state index in [1.165, 1.54) is 7.11 Å².